The van der Waals surface area contributed by atoms with Crippen molar-refractivity contribution in [1.29, 1.82) is 5.26 Å². The highest BCUT2D eigenvalue weighted by Crippen LogP contribution is 2.28. The fourth-order valence-electron chi connectivity index (χ4n) is 2.97. The van der Waals surface area contributed by atoms with E-state index in [9.17, 15) is 13.2 Å². The molecule has 0 amide bonds. The summed E-state index contributed by atoms with van der Waals surface area (Å²) in [6.07, 6.45) is 1.51. The fourth-order valence-corrected chi connectivity index (χ4v) is 4.11. The predicted octanol–water partition coefficient (Wildman–Crippen LogP) is 3.30. The van der Waals surface area contributed by atoms with Gasteiger partial charge in [-0.2, -0.15) is 5.26 Å². The fraction of sp³-hybridized carbons (Fsp3) is 0.0952. The molecule has 31 heavy (non-hydrogen) atoms. The Hall–Kier alpha value is -4.10. The van der Waals surface area contributed by atoms with E-state index in [4.69, 9.17) is 14.4 Å². The lowest BCUT2D eigenvalue weighted by Gasteiger charge is -2.12. The lowest BCUT2D eigenvalue weighted by atomic mass is 10.2. The van der Waals surface area contributed by atoms with Crippen LogP contribution in [0.15, 0.2) is 68.8 Å². The van der Waals surface area contributed by atoms with Crippen LogP contribution in [0.5, 0.6) is 11.6 Å². The molecular weight excluding hydrogens is 420 g/mol. The Bertz CT molecular complexity index is 1510. The number of pyridine rings is 1. The Labute approximate surface area is 177 Å². The SMILES string of the molecule is Cc1cc(Oc2ncccc2C#N)ccc1NS(=O)(=O)c1ccc2c(c1)oc(=O)n2C. The molecule has 0 saturated heterocycles. The summed E-state index contributed by atoms with van der Waals surface area (Å²) in [6, 6.07) is 14.2. The second kappa shape index (κ2) is 7.62. The van der Waals surface area contributed by atoms with Crippen molar-refractivity contribution >= 4 is 26.8 Å². The molecule has 0 atom stereocenters. The van der Waals surface area contributed by atoms with E-state index in [1.807, 2.05) is 6.07 Å². The molecule has 0 aliphatic rings. The number of aryl methyl sites for hydroxylation is 2. The van der Waals surface area contributed by atoms with Crippen molar-refractivity contribution < 1.29 is 17.6 Å². The van der Waals surface area contributed by atoms with Gasteiger partial charge in [-0.1, -0.05) is 0 Å². The predicted molar refractivity (Wildman–Crippen MR) is 112 cm³/mol. The number of fused-ring (bicyclic) bond motifs is 1. The third kappa shape index (κ3) is 3.86. The molecule has 0 spiro atoms. The second-order valence-electron chi connectivity index (χ2n) is 6.71. The Morgan fingerprint density at radius 3 is 2.74 bits per heavy atom. The Morgan fingerprint density at radius 1 is 1.19 bits per heavy atom. The number of benzene rings is 2. The van der Waals surface area contributed by atoms with Crippen molar-refractivity contribution in [3.8, 4) is 17.7 Å². The first-order valence-electron chi connectivity index (χ1n) is 9.04. The van der Waals surface area contributed by atoms with Crippen LogP contribution < -0.4 is 15.2 Å². The number of aromatic nitrogens is 2. The summed E-state index contributed by atoms with van der Waals surface area (Å²) in [6.45, 7) is 1.72. The summed E-state index contributed by atoms with van der Waals surface area (Å²) in [5.41, 5.74) is 1.91. The zero-order chi connectivity index (χ0) is 22.2. The summed E-state index contributed by atoms with van der Waals surface area (Å²) in [5, 5.41) is 9.14. The number of hydrogen-bond acceptors (Lipinski definition) is 7. The summed E-state index contributed by atoms with van der Waals surface area (Å²) < 4.78 is 40.2. The first kappa shape index (κ1) is 20.2. The number of nitrogens with zero attached hydrogens (tertiary/aromatic N) is 3. The summed E-state index contributed by atoms with van der Waals surface area (Å²) in [7, 11) is -2.39. The van der Waals surface area contributed by atoms with Gasteiger partial charge in [0.1, 0.15) is 17.4 Å². The van der Waals surface area contributed by atoms with Crippen LogP contribution in [0.3, 0.4) is 0 Å². The van der Waals surface area contributed by atoms with Gasteiger partial charge in [0.15, 0.2) is 5.58 Å². The van der Waals surface area contributed by atoms with Crippen molar-refractivity contribution in [3.63, 3.8) is 0 Å². The average molecular weight is 436 g/mol. The Morgan fingerprint density at radius 2 is 2.00 bits per heavy atom. The number of sulfonamides is 1. The van der Waals surface area contributed by atoms with Crippen molar-refractivity contribution in [3.05, 3.63) is 76.4 Å². The average Bonchev–Trinajstić information content (AvgIpc) is 3.03. The van der Waals surface area contributed by atoms with Crippen LogP contribution in [0.2, 0.25) is 0 Å². The maximum atomic E-state index is 12.8. The molecule has 2 heterocycles. The molecule has 1 N–H and O–H groups in total. The lowest BCUT2D eigenvalue weighted by Crippen LogP contribution is -2.13. The van der Waals surface area contributed by atoms with Crippen molar-refractivity contribution in [2.24, 2.45) is 7.05 Å². The minimum Gasteiger partial charge on any atom is -0.438 e. The van der Waals surface area contributed by atoms with Crippen molar-refractivity contribution in [2.45, 2.75) is 11.8 Å². The quantitative estimate of drug-likeness (QED) is 0.508. The van der Waals surface area contributed by atoms with Crippen LogP contribution in [0.1, 0.15) is 11.1 Å². The van der Waals surface area contributed by atoms with E-state index >= 15 is 0 Å². The largest absolute Gasteiger partial charge is 0.438 e. The molecule has 4 rings (SSSR count). The third-order valence-electron chi connectivity index (χ3n) is 4.62. The van der Waals surface area contributed by atoms with Gasteiger partial charge in [-0.25, -0.2) is 18.2 Å². The van der Waals surface area contributed by atoms with E-state index in [0.29, 0.717) is 22.5 Å². The minimum absolute atomic E-state index is 0.0405. The van der Waals surface area contributed by atoms with Crippen LogP contribution in [-0.2, 0) is 17.1 Å². The van der Waals surface area contributed by atoms with E-state index in [0.717, 1.165) is 0 Å². The molecule has 0 aliphatic carbocycles. The first-order valence-corrected chi connectivity index (χ1v) is 10.5. The highest BCUT2D eigenvalue weighted by molar-refractivity contribution is 7.92. The molecule has 2 aromatic heterocycles. The van der Waals surface area contributed by atoms with E-state index in [-0.39, 0.29) is 21.9 Å². The topological polar surface area (TPSA) is 127 Å². The smallest absolute Gasteiger partial charge is 0.419 e. The van der Waals surface area contributed by atoms with Gasteiger partial charge in [-0.15, -0.1) is 0 Å². The third-order valence-corrected chi connectivity index (χ3v) is 5.99. The summed E-state index contributed by atoms with van der Waals surface area (Å²) >= 11 is 0. The molecule has 0 aliphatic heterocycles. The number of anilines is 1. The van der Waals surface area contributed by atoms with Crippen molar-refractivity contribution in [2.75, 3.05) is 4.72 Å². The zero-order valence-electron chi connectivity index (χ0n) is 16.5. The molecular formula is C21H16N4O5S. The van der Waals surface area contributed by atoms with Crippen LogP contribution in [0.4, 0.5) is 5.69 Å². The van der Waals surface area contributed by atoms with E-state index < -0.39 is 15.8 Å². The van der Waals surface area contributed by atoms with Crippen LogP contribution in [0, 0.1) is 18.3 Å². The van der Waals surface area contributed by atoms with Gasteiger partial charge in [0.2, 0.25) is 5.88 Å². The molecule has 0 fully saturated rings. The van der Waals surface area contributed by atoms with Gasteiger partial charge in [0.05, 0.1) is 16.1 Å². The number of ether oxygens (including phenoxy) is 1. The molecule has 4 aromatic rings. The Kier molecular flexibility index (Phi) is 4.96. The molecule has 156 valence electrons. The Balaban J connectivity index is 1.60. The van der Waals surface area contributed by atoms with Crippen molar-refractivity contribution in [1.82, 2.24) is 9.55 Å². The molecule has 0 bridgehead atoms. The number of oxazole rings is 1. The van der Waals surface area contributed by atoms with E-state index in [2.05, 4.69) is 9.71 Å². The molecule has 9 nitrogen and oxygen atoms in total. The minimum atomic E-state index is -3.93. The van der Waals surface area contributed by atoms with Gasteiger partial charge < -0.3 is 9.15 Å². The summed E-state index contributed by atoms with van der Waals surface area (Å²) in [5.74, 6) is -0.00471. The van der Waals surface area contributed by atoms with E-state index in [1.165, 1.54) is 36.0 Å². The lowest BCUT2D eigenvalue weighted by molar-refractivity contribution is 0.461. The molecule has 0 radical (unpaired) electrons. The highest BCUT2D eigenvalue weighted by Gasteiger charge is 2.18. The normalized spacial score (nSPS) is 11.3. The molecule has 2 aromatic carbocycles. The van der Waals surface area contributed by atoms with Gasteiger partial charge in [-0.05, 0) is 55.0 Å². The number of nitriles is 1. The van der Waals surface area contributed by atoms with Crippen LogP contribution >= 0.6 is 0 Å². The number of hydrogen-bond donors (Lipinski definition) is 1. The van der Waals surface area contributed by atoms with Crippen LogP contribution in [0.25, 0.3) is 11.1 Å². The molecule has 0 saturated carbocycles. The van der Waals surface area contributed by atoms with Gasteiger partial charge in [0, 0.05) is 19.3 Å². The maximum Gasteiger partial charge on any atom is 0.419 e. The molecule has 10 heteroatoms. The maximum absolute atomic E-state index is 12.8. The number of rotatable bonds is 5. The van der Waals surface area contributed by atoms with Gasteiger partial charge in [0.25, 0.3) is 10.0 Å². The van der Waals surface area contributed by atoms with Gasteiger partial charge >= 0.3 is 5.76 Å². The first-order chi connectivity index (χ1) is 14.8. The van der Waals surface area contributed by atoms with Gasteiger partial charge in [-0.3, -0.25) is 9.29 Å². The standard InChI is InChI=1S/C21H16N4O5S/c1-13-10-15(29-20-14(12-22)4-3-9-23-20)5-7-17(13)24-31(27,28)16-6-8-18-19(11-16)30-21(26)25(18)2/h3-11,24H,1-2H3. The number of nitrogens with one attached hydrogen (secondary N) is 1. The second-order valence-corrected chi connectivity index (χ2v) is 8.39. The monoisotopic (exact) mass is 436 g/mol. The summed E-state index contributed by atoms with van der Waals surface area (Å²) in [4.78, 5) is 15.6. The molecule has 0 unspecified atom stereocenters. The van der Waals surface area contributed by atoms with Crippen LogP contribution in [-0.4, -0.2) is 18.0 Å². The zero-order valence-corrected chi connectivity index (χ0v) is 17.3. The highest BCUT2D eigenvalue weighted by atomic mass is 32.2. The van der Waals surface area contributed by atoms with E-state index in [1.54, 1.807) is 37.3 Å².